The summed E-state index contributed by atoms with van der Waals surface area (Å²) in [4.78, 5) is 22.2. The smallest absolute Gasteiger partial charge is 0.419 e. The Morgan fingerprint density at radius 3 is 2.57 bits per heavy atom. The fourth-order valence-corrected chi connectivity index (χ4v) is 3.72. The van der Waals surface area contributed by atoms with E-state index in [9.17, 15) is 23.1 Å². The standard InChI is InChI=1S/C24H21F3N6O2/c1-2-19(35)32(13-15-6-4-3-5-7-15)10-11-33-23-20(22(28)29-14-30-23)21(31-33)16-8-9-17(18(34)12-16)24(25,26)27/h2-9,12,14,34H,1,10-11,13H2,(H2,28,29,30). The third-order valence-corrected chi connectivity index (χ3v) is 5.42. The molecule has 0 radical (unpaired) electrons. The number of rotatable bonds is 7. The van der Waals surface area contributed by atoms with Crippen molar-refractivity contribution in [1.82, 2.24) is 24.6 Å². The molecule has 0 aliphatic heterocycles. The summed E-state index contributed by atoms with van der Waals surface area (Å²) < 4.78 is 40.7. The topological polar surface area (TPSA) is 110 Å². The van der Waals surface area contributed by atoms with Gasteiger partial charge in [0.25, 0.3) is 0 Å². The average molecular weight is 482 g/mol. The Balaban J connectivity index is 1.69. The minimum atomic E-state index is -4.70. The van der Waals surface area contributed by atoms with Crippen LogP contribution in [0, 0.1) is 0 Å². The highest BCUT2D eigenvalue weighted by molar-refractivity contribution is 5.98. The summed E-state index contributed by atoms with van der Waals surface area (Å²) in [5.74, 6) is -1.12. The van der Waals surface area contributed by atoms with Crippen molar-refractivity contribution in [3.05, 3.63) is 78.6 Å². The maximum atomic E-state index is 13.1. The van der Waals surface area contributed by atoms with Crippen molar-refractivity contribution in [2.45, 2.75) is 19.3 Å². The summed E-state index contributed by atoms with van der Waals surface area (Å²) >= 11 is 0. The van der Waals surface area contributed by atoms with Gasteiger partial charge in [0, 0.05) is 18.7 Å². The second-order valence-electron chi connectivity index (χ2n) is 7.71. The molecule has 0 unspecified atom stereocenters. The van der Waals surface area contributed by atoms with Crippen LogP contribution in [0.1, 0.15) is 11.1 Å². The van der Waals surface area contributed by atoms with E-state index in [1.165, 1.54) is 23.2 Å². The van der Waals surface area contributed by atoms with Crippen LogP contribution in [-0.4, -0.2) is 42.2 Å². The largest absolute Gasteiger partial charge is 0.507 e. The number of benzene rings is 2. The molecule has 4 aromatic rings. The van der Waals surface area contributed by atoms with Gasteiger partial charge < -0.3 is 15.7 Å². The van der Waals surface area contributed by atoms with Crippen molar-refractivity contribution in [3.8, 4) is 17.0 Å². The molecule has 3 N–H and O–H groups in total. The highest BCUT2D eigenvalue weighted by Gasteiger charge is 2.34. The Morgan fingerprint density at radius 1 is 1.17 bits per heavy atom. The quantitative estimate of drug-likeness (QED) is 0.385. The van der Waals surface area contributed by atoms with Gasteiger partial charge >= 0.3 is 6.18 Å². The van der Waals surface area contributed by atoms with E-state index in [-0.39, 0.29) is 36.1 Å². The first-order valence-electron chi connectivity index (χ1n) is 10.5. The van der Waals surface area contributed by atoms with Crippen LogP contribution < -0.4 is 5.73 Å². The molecule has 0 saturated carbocycles. The normalized spacial score (nSPS) is 11.5. The molecule has 0 aliphatic carbocycles. The molecule has 2 heterocycles. The number of nitrogens with two attached hydrogens (primary N) is 1. The number of anilines is 1. The number of phenols is 1. The number of fused-ring (bicyclic) bond motifs is 1. The van der Waals surface area contributed by atoms with E-state index >= 15 is 0 Å². The number of carbonyl (C=O) groups is 1. The molecule has 2 aromatic carbocycles. The van der Waals surface area contributed by atoms with E-state index in [4.69, 9.17) is 5.73 Å². The number of phenolic OH excluding ortho intramolecular Hbond substituents is 1. The number of aromatic nitrogens is 4. The van der Waals surface area contributed by atoms with Crippen LogP contribution in [-0.2, 0) is 24.1 Å². The first-order chi connectivity index (χ1) is 16.7. The molecule has 0 bridgehead atoms. The summed E-state index contributed by atoms with van der Waals surface area (Å²) in [6, 6.07) is 12.4. The molecule has 4 rings (SSSR count). The molecule has 0 spiro atoms. The molecule has 1 amide bonds. The van der Waals surface area contributed by atoms with Crippen molar-refractivity contribution in [2.75, 3.05) is 12.3 Å². The minimum absolute atomic E-state index is 0.0824. The Hall–Kier alpha value is -4.41. The van der Waals surface area contributed by atoms with Gasteiger partial charge in [-0.3, -0.25) is 4.79 Å². The summed E-state index contributed by atoms with van der Waals surface area (Å²) in [5.41, 5.74) is 6.59. The Kier molecular flexibility index (Phi) is 6.41. The van der Waals surface area contributed by atoms with E-state index < -0.39 is 17.5 Å². The first kappa shape index (κ1) is 23.7. The van der Waals surface area contributed by atoms with Crippen LogP contribution in [0.4, 0.5) is 19.0 Å². The number of hydrogen-bond acceptors (Lipinski definition) is 6. The van der Waals surface area contributed by atoms with E-state index in [1.807, 2.05) is 30.3 Å². The summed E-state index contributed by atoms with van der Waals surface area (Å²) in [5, 5.41) is 14.8. The Labute approximate surface area is 198 Å². The number of nitrogens with zero attached hydrogens (tertiary/aromatic N) is 5. The zero-order valence-electron chi connectivity index (χ0n) is 18.4. The third-order valence-electron chi connectivity index (χ3n) is 5.42. The second kappa shape index (κ2) is 9.45. The minimum Gasteiger partial charge on any atom is -0.507 e. The van der Waals surface area contributed by atoms with Crippen molar-refractivity contribution in [2.24, 2.45) is 0 Å². The number of amides is 1. The summed E-state index contributed by atoms with van der Waals surface area (Å²) in [6.07, 6.45) is -2.23. The number of halogens is 3. The van der Waals surface area contributed by atoms with Gasteiger partial charge in [0.05, 0.1) is 17.5 Å². The molecule has 11 heteroatoms. The van der Waals surface area contributed by atoms with Gasteiger partial charge in [0.15, 0.2) is 5.65 Å². The monoisotopic (exact) mass is 482 g/mol. The van der Waals surface area contributed by atoms with Crippen LogP contribution in [0.2, 0.25) is 0 Å². The number of alkyl halides is 3. The van der Waals surface area contributed by atoms with Gasteiger partial charge in [0.2, 0.25) is 5.91 Å². The SMILES string of the molecule is C=CC(=O)N(CCn1nc(-c2ccc(C(F)(F)F)c(O)c2)c2c(N)ncnc21)Cc1ccccc1. The summed E-state index contributed by atoms with van der Waals surface area (Å²) in [7, 11) is 0. The highest BCUT2D eigenvalue weighted by atomic mass is 19.4. The van der Waals surface area contributed by atoms with Crippen molar-refractivity contribution < 1.29 is 23.1 Å². The third kappa shape index (κ3) is 4.93. The van der Waals surface area contributed by atoms with Gasteiger partial charge in [-0.15, -0.1) is 0 Å². The number of hydrogen-bond donors (Lipinski definition) is 2. The van der Waals surface area contributed by atoms with Crippen molar-refractivity contribution in [1.29, 1.82) is 0 Å². The highest BCUT2D eigenvalue weighted by Crippen LogP contribution is 2.39. The summed E-state index contributed by atoms with van der Waals surface area (Å²) in [6.45, 7) is 4.37. The second-order valence-corrected chi connectivity index (χ2v) is 7.71. The van der Waals surface area contributed by atoms with Crippen molar-refractivity contribution in [3.63, 3.8) is 0 Å². The lowest BCUT2D eigenvalue weighted by molar-refractivity contribution is -0.138. The number of carbonyl (C=O) groups excluding carboxylic acids is 1. The van der Waals surface area contributed by atoms with Crippen LogP contribution in [0.15, 0.2) is 67.5 Å². The maximum Gasteiger partial charge on any atom is 0.419 e. The molecule has 8 nitrogen and oxygen atoms in total. The Morgan fingerprint density at radius 2 is 1.91 bits per heavy atom. The molecule has 0 atom stereocenters. The van der Waals surface area contributed by atoms with Gasteiger partial charge in [0.1, 0.15) is 23.6 Å². The van der Waals surface area contributed by atoms with Crippen LogP contribution in [0.5, 0.6) is 5.75 Å². The maximum absolute atomic E-state index is 13.1. The van der Waals surface area contributed by atoms with E-state index in [0.717, 1.165) is 17.7 Å². The van der Waals surface area contributed by atoms with Gasteiger partial charge in [-0.1, -0.05) is 43.0 Å². The lowest BCUT2D eigenvalue weighted by Crippen LogP contribution is -2.32. The van der Waals surface area contributed by atoms with Crippen LogP contribution >= 0.6 is 0 Å². The number of aromatic hydroxyl groups is 1. The van der Waals surface area contributed by atoms with Crippen molar-refractivity contribution >= 4 is 22.8 Å². The molecule has 0 aliphatic rings. The zero-order valence-corrected chi connectivity index (χ0v) is 18.4. The fourth-order valence-electron chi connectivity index (χ4n) is 3.72. The van der Waals surface area contributed by atoms with Crippen LogP contribution in [0.3, 0.4) is 0 Å². The van der Waals surface area contributed by atoms with Gasteiger partial charge in [-0.2, -0.15) is 18.3 Å². The predicted molar refractivity (Wildman–Crippen MR) is 124 cm³/mol. The lowest BCUT2D eigenvalue weighted by Gasteiger charge is -2.21. The molecule has 35 heavy (non-hydrogen) atoms. The average Bonchev–Trinajstić information content (AvgIpc) is 3.21. The van der Waals surface area contributed by atoms with Gasteiger partial charge in [-0.25, -0.2) is 14.6 Å². The molecule has 0 saturated heterocycles. The first-order valence-corrected chi connectivity index (χ1v) is 10.5. The Bertz CT molecular complexity index is 1390. The molecule has 0 fully saturated rings. The van der Waals surface area contributed by atoms with E-state index in [1.54, 1.807) is 4.90 Å². The number of nitrogen functional groups attached to an aromatic ring is 1. The van der Waals surface area contributed by atoms with Crippen LogP contribution in [0.25, 0.3) is 22.3 Å². The molecular formula is C24H21F3N6O2. The molecular weight excluding hydrogens is 461 g/mol. The van der Waals surface area contributed by atoms with E-state index in [0.29, 0.717) is 17.6 Å². The van der Waals surface area contributed by atoms with Gasteiger partial charge in [-0.05, 0) is 23.8 Å². The lowest BCUT2D eigenvalue weighted by atomic mass is 10.1. The van der Waals surface area contributed by atoms with E-state index in [2.05, 4.69) is 21.6 Å². The molecule has 2 aromatic heterocycles. The predicted octanol–water partition coefficient (Wildman–Crippen LogP) is 4.01. The fraction of sp³-hybridized carbons (Fsp3) is 0.167. The molecule has 180 valence electrons. The zero-order chi connectivity index (χ0) is 25.2.